The molecule has 0 aliphatic carbocycles. The van der Waals surface area contributed by atoms with Crippen LogP contribution in [0.1, 0.15) is 11.1 Å². The van der Waals surface area contributed by atoms with Crippen molar-refractivity contribution < 1.29 is 23.9 Å². The molecule has 0 atom stereocenters. The van der Waals surface area contributed by atoms with Crippen molar-refractivity contribution in [3.63, 3.8) is 0 Å². The fourth-order valence-corrected chi connectivity index (χ4v) is 3.95. The zero-order chi connectivity index (χ0) is 18.4. The molecule has 1 N–H and O–H groups in total. The minimum atomic E-state index is 0. The first-order chi connectivity index (χ1) is 12.6. The number of nitrogens with zero attached hydrogens (tertiary/aromatic N) is 1. The van der Waals surface area contributed by atoms with Crippen molar-refractivity contribution in [2.24, 2.45) is 0 Å². The molecule has 0 saturated heterocycles. The van der Waals surface area contributed by atoms with Crippen LogP contribution >= 0.6 is 0 Å². The van der Waals surface area contributed by atoms with E-state index in [4.69, 9.17) is 14.2 Å². The lowest BCUT2D eigenvalue weighted by Crippen LogP contribution is -2.40. The summed E-state index contributed by atoms with van der Waals surface area (Å²) in [6.07, 6.45) is 2.98. The third-order valence-electron chi connectivity index (χ3n) is 5.20. The third kappa shape index (κ3) is 2.74. The van der Waals surface area contributed by atoms with Gasteiger partial charge in [0, 0.05) is 17.4 Å². The van der Waals surface area contributed by atoms with E-state index in [1.807, 2.05) is 18.2 Å². The first-order valence-corrected chi connectivity index (χ1v) is 8.57. The molecule has 4 rings (SSSR count). The van der Waals surface area contributed by atoms with Gasteiger partial charge in [0.15, 0.2) is 35.7 Å². The molecule has 142 valence electrons. The van der Waals surface area contributed by atoms with Gasteiger partial charge in [-0.1, -0.05) is 0 Å². The second kappa shape index (κ2) is 6.99. The second-order valence-corrected chi connectivity index (χ2v) is 6.49. The highest BCUT2D eigenvalue weighted by atomic mass is 16.5. The highest BCUT2D eigenvalue weighted by Gasteiger charge is 2.29. The quantitative estimate of drug-likeness (QED) is 0.564. The molecule has 0 radical (unpaired) electrons. The van der Waals surface area contributed by atoms with E-state index in [0.29, 0.717) is 5.75 Å². The Morgan fingerprint density at radius 3 is 2.37 bits per heavy atom. The van der Waals surface area contributed by atoms with Crippen LogP contribution in [-0.4, -0.2) is 26.4 Å². The van der Waals surface area contributed by atoms with Gasteiger partial charge >= 0.3 is 0 Å². The first-order valence-electron chi connectivity index (χ1n) is 8.57. The molecule has 1 aliphatic rings. The van der Waals surface area contributed by atoms with Crippen molar-refractivity contribution in [3.05, 3.63) is 49.0 Å². The molecular formula is C22H25NO4. The normalized spacial score (nSPS) is 12.0. The number of aromatic nitrogens is 1. The van der Waals surface area contributed by atoms with Gasteiger partial charge < -0.3 is 26.7 Å². The van der Waals surface area contributed by atoms with Crippen LogP contribution in [0.5, 0.6) is 23.0 Å². The Kier molecular flexibility index (Phi) is 4.87. The summed E-state index contributed by atoms with van der Waals surface area (Å²) in [4.78, 5) is 0. The zero-order valence-electron chi connectivity index (χ0n) is 16.4. The summed E-state index contributed by atoms with van der Waals surface area (Å²) in [7, 11) is 4.89. The summed E-state index contributed by atoms with van der Waals surface area (Å²) >= 11 is 0. The highest BCUT2D eigenvalue weighted by molar-refractivity contribution is 5.94. The van der Waals surface area contributed by atoms with Crippen molar-refractivity contribution in [1.29, 1.82) is 0 Å². The molecule has 5 nitrogen and oxygen atoms in total. The Morgan fingerprint density at radius 1 is 0.963 bits per heavy atom. The van der Waals surface area contributed by atoms with Crippen LogP contribution in [0.2, 0.25) is 0 Å². The molecule has 0 amide bonds. The van der Waals surface area contributed by atoms with Gasteiger partial charge in [-0.15, -0.1) is 0 Å². The summed E-state index contributed by atoms with van der Waals surface area (Å²) in [5.74, 6) is 2.15. The predicted molar refractivity (Wildman–Crippen MR) is 106 cm³/mol. The molecule has 2 heterocycles. The van der Waals surface area contributed by atoms with Crippen LogP contribution in [0, 0.1) is 14.4 Å². The smallest absolute Gasteiger partial charge is 0.216 e. The van der Waals surface area contributed by atoms with Gasteiger partial charge in [0.25, 0.3) is 0 Å². The van der Waals surface area contributed by atoms with Gasteiger partial charge in [0.2, 0.25) is 5.69 Å². The van der Waals surface area contributed by atoms with Crippen molar-refractivity contribution in [2.75, 3.05) is 21.3 Å². The number of phenols is 1. The van der Waals surface area contributed by atoms with Crippen molar-refractivity contribution in [1.82, 2.24) is 0 Å². The Hall–Kier alpha value is -2.95. The largest absolute Gasteiger partial charge is 0.504 e. The van der Waals surface area contributed by atoms with Crippen LogP contribution in [0.4, 0.5) is 0 Å². The fourth-order valence-electron chi connectivity index (χ4n) is 3.95. The average Bonchev–Trinajstić information content (AvgIpc) is 2.66. The molecule has 0 fully saturated rings. The van der Waals surface area contributed by atoms with Gasteiger partial charge in [-0.25, -0.2) is 0 Å². The number of benzene rings is 2. The molecule has 0 saturated carbocycles. The van der Waals surface area contributed by atoms with Crippen LogP contribution in [0.25, 0.3) is 22.0 Å². The number of fused-ring (bicyclic) bond motifs is 4. The average molecular weight is 367 g/mol. The monoisotopic (exact) mass is 367 g/mol. The number of hydrogen-bond donors (Lipinski definition) is 1. The van der Waals surface area contributed by atoms with E-state index >= 15 is 0 Å². The Balaban J connectivity index is 0.00000210. The van der Waals surface area contributed by atoms with Crippen LogP contribution < -0.4 is 18.8 Å². The predicted octanol–water partition coefficient (Wildman–Crippen LogP) is 3.84. The zero-order valence-corrected chi connectivity index (χ0v) is 16.4. The van der Waals surface area contributed by atoms with Gasteiger partial charge in [-0.05, 0) is 36.8 Å². The van der Waals surface area contributed by atoms with E-state index in [9.17, 15) is 5.11 Å². The lowest BCUT2D eigenvalue weighted by atomic mass is 9.91. The molecule has 2 aromatic carbocycles. The summed E-state index contributed by atoms with van der Waals surface area (Å²) in [6, 6.07) is 7.75. The fraction of sp³-hybridized carbons (Fsp3) is 0.273. The lowest BCUT2D eigenvalue weighted by molar-refractivity contribution is -0.686. The molecule has 1 aliphatic heterocycles. The minimum absolute atomic E-state index is 0. The number of phenolic OH excluding ortho intramolecular Hbond substituents is 1. The molecule has 0 spiro atoms. The van der Waals surface area contributed by atoms with E-state index in [2.05, 4.69) is 23.8 Å². The Bertz CT molecular complexity index is 1030. The highest BCUT2D eigenvalue weighted by Crippen LogP contribution is 2.41. The van der Waals surface area contributed by atoms with Crippen LogP contribution in [0.3, 0.4) is 0 Å². The van der Waals surface area contributed by atoms with Gasteiger partial charge in [-0.3, -0.25) is 0 Å². The molecule has 0 bridgehead atoms. The van der Waals surface area contributed by atoms with E-state index < -0.39 is 0 Å². The second-order valence-electron chi connectivity index (χ2n) is 6.49. The van der Waals surface area contributed by atoms with E-state index in [1.54, 1.807) is 21.3 Å². The SMILES string of the molecule is COc1cc2c(cc1O)CC[n+]1cc3c(OC)c(OC)ccc3c(C)c1-2.[CH3-]. The van der Waals surface area contributed by atoms with E-state index in [-0.39, 0.29) is 13.2 Å². The van der Waals surface area contributed by atoms with E-state index in [1.165, 1.54) is 0 Å². The summed E-state index contributed by atoms with van der Waals surface area (Å²) in [5, 5.41) is 12.3. The van der Waals surface area contributed by atoms with Gasteiger partial charge in [0.05, 0.1) is 32.3 Å². The maximum absolute atomic E-state index is 10.1. The Morgan fingerprint density at radius 2 is 1.70 bits per heavy atom. The number of pyridine rings is 1. The lowest BCUT2D eigenvalue weighted by Gasteiger charge is -2.20. The molecular weight excluding hydrogens is 342 g/mol. The van der Waals surface area contributed by atoms with Crippen LogP contribution in [-0.2, 0) is 13.0 Å². The van der Waals surface area contributed by atoms with Crippen LogP contribution in [0.15, 0.2) is 30.5 Å². The molecule has 27 heavy (non-hydrogen) atoms. The number of methoxy groups -OCH3 is 3. The van der Waals surface area contributed by atoms with Crippen molar-refractivity contribution >= 4 is 10.8 Å². The van der Waals surface area contributed by atoms with Crippen molar-refractivity contribution in [2.45, 2.75) is 19.9 Å². The van der Waals surface area contributed by atoms with Crippen molar-refractivity contribution in [3.8, 4) is 34.3 Å². The van der Waals surface area contributed by atoms with Gasteiger partial charge in [-0.2, -0.15) is 4.57 Å². The summed E-state index contributed by atoms with van der Waals surface area (Å²) in [5.41, 5.74) is 4.53. The molecule has 3 aromatic rings. The number of aryl methyl sites for hydroxylation is 3. The van der Waals surface area contributed by atoms with E-state index in [0.717, 1.165) is 57.6 Å². The first kappa shape index (κ1) is 18.8. The van der Waals surface area contributed by atoms with Gasteiger partial charge in [0.1, 0.15) is 0 Å². The minimum Gasteiger partial charge on any atom is -0.504 e. The third-order valence-corrected chi connectivity index (χ3v) is 5.20. The maximum Gasteiger partial charge on any atom is 0.216 e. The number of rotatable bonds is 3. The Labute approximate surface area is 159 Å². The molecule has 0 unspecified atom stereocenters. The number of ether oxygens (including phenoxy) is 3. The summed E-state index contributed by atoms with van der Waals surface area (Å²) < 4.78 is 18.6. The topological polar surface area (TPSA) is 51.8 Å². The summed E-state index contributed by atoms with van der Waals surface area (Å²) in [6.45, 7) is 2.96. The maximum atomic E-state index is 10.1. The molecule has 1 aromatic heterocycles. The standard InChI is InChI=1S/C21H21NO4.CH3/c1-12-14-5-6-18(24-2)21(26-4)16(14)11-22-8-7-13-9-17(23)19(25-3)10-15(13)20(12)22;/h5-6,9-11H,7-8H2,1-4H3;1H3/q;-1/p+1. The molecule has 5 heteroatoms. The number of aromatic hydroxyl groups is 1. The number of hydrogen-bond acceptors (Lipinski definition) is 4.